The average Bonchev–Trinajstić information content (AvgIpc) is 2.32. The van der Waals surface area contributed by atoms with Crippen molar-refractivity contribution < 1.29 is 4.79 Å². The van der Waals surface area contributed by atoms with Gasteiger partial charge in [0, 0.05) is 10.7 Å². The number of hydrogen-bond acceptors (Lipinski definition) is 3. The molecule has 1 aromatic rings. The van der Waals surface area contributed by atoms with Crippen molar-refractivity contribution in [3.8, 4) is 0 Å². The number of rotatable bonds is 7. The van der Waals surface area contributed by atoms with Crippen molar-refractivity contribution in [2.45, 2.75) is 6.42 Å². The number of carbonyl (C=O) groups excluding carboxylic acids is 1. The third-order valence-corrected chi connectivity index (χ3v) is 3.06. The van der Waals surface area contributed by atoms with Gasteiger partial charge in [0.2, 0.25) is 5.91 Å². The van der Waals surface area contributed by atoms with E-state index < -0.39 is 0 Å². The van der Waals surface area contributed by atoms with E-state index in [1.165, 1.54) is 0 Å². The van der Waals surface area contributed by atoms with E-state index in [-0.39, 0.29) is 5.91 Å². The Kier molecular flexibility index (Phi) is 7.08. The molecule has 2 N–H and O–H groups in total. The number of thioether (sulfide) groups is 1. The molecule has 0 unspecified atom stereocenters. The lowest BCUT2D eigenvalue weighted by Gasteiger charge is -2.06. The van der Waals surface area contributed by atoms with Gasteiger partial charge in [-0.3, -0.25) is 4.79 Å². The molecule has 1 rings (SSSR count). The van der Waals surface area contributed by atoms with Crippen molar-refractivity contribution in [2.24, 2.45) is 0 Å². The van der Waals surface area contributed by atoms with E-state index in [1.807, 2.05) is 11.8 Å². The molecule has 0 saturated heterocycles. The Hall–Kier alpha value is -0.710. The van der Waals surface area contributed by atoms with Gasteiger partial charge in [0.05, 0.1) is 6.54 Å². The first-order valence-electron chi connectivity index (χ1n) is 5.47. The molecular weight excluding hydrogens is 256 g/mol. The molecular formula is C12H17ClN2OS. The summed E-state index contributed by atoms with van der Waals surface area (Å²) >= 11 is 7.56. The van der Waals surface area contributed by atoms with E-state index in [4.69, 9.17) is 11.6 Å². The molecule has 0 spiro atoms. The lowest BCUT2D eigenvalue weighted by atomic mass is 10.3. The van der Waals surface area contributed by atoms with Gasteiger partial charge in [0.25, 0.3) is 0 Å². The van der Waals surface area contributed by atoms with Crippen molar-refractivity contribution in [3.63, 3.8) is 0 Å². The normalized spacial score (nSPS) is 10.2. The van der Waals surface area contributed by atoms with Crippen LogP contribution in [0.1, 0.15) is 6.42 Å². The second-order valence-electron chi connectivity index (χ2n) is 3.58. The Morgan fingerprint density at radius 2 is 2.06 bits per heavy atom. The molecule has 5 heteroatoms. The number of anilines is 1. The number of hydrogen-bond donors (Lipinski definition) is 2. The summed E-state index contributed by atoms with van der Waals surface area (Å²) in [5.74, 6) is 1.09. The van der Waals surface area contributed by atoms with Gasteiger partial charge in [-0.25, -0.2) is 0 Å². The highest BCUT2D eigenvalue weighted by atomic mass is 35.5. The molecule has 1 amide bonds. The fraction of sp³-hybridized carbons (Fsp3) is 0.417. The standard InChI is InChI=1S/C12H17ClN2OS/c1-17-8-2-7-14-9-12(16)15-11-5-3-10(13)4-6-11/h3-6,14H,2,7-9H2,1H3,(H,15,16). The van der Waals surface area contributed by atoms with Gasteiger partial charge in [0.1, 0.15) is 0 Å². The lowest BCUT2D eigenvalue weighted by Crippen LogP contribution is -2.28. The highest BCUT2D eigenvalue weighted by Gasteiger charge is 2.01. The molecule has 0 saturated carbocycles. The van der Waals surface area contributed by atoms with Crippen LogP contribution in [-0.4, -0.2) is 31.0 Å². The summed E-state index contributed by atoms with van der Waals surface area (Å²) in [6.45, 7) is 1.21. The molecule has 1 aromatic carbocycles. The molecule has 0 aliphatic heterocycles. The molecule has 0 aliphatic rings. The van der Waals surface area contributed by atoms with E-state index in [2.05, 4.69) is 16.9 Å². The van der Waals surface area contributed by atoms with E-state index >= 15 is 0 Å². The molecule has 0 bridgehead atoms. The summed E-state index contributed by atoms with van der Waals surface area (Å²) in [6.07, 6.45) is 3.16. The monoisotopic (exact) mass is 272 g/mol. The van der Waals surface area contributed by atoms with Crippen LogP contribution < -0.4 is 10.6 Å². The first-order chi connectivity index (χ1) is 8.22. The largest absolute Gasteiger partial charge is 0.325 e. The van der Waals surface area contributed by atoms with Crippen LogP contribution in [0.4, 0.5) is 5.69 Å². The van der Waals surface area contributed by atoms with Gasteiger partial charge in [-0.05, 0) is 49.2 Å². The Morgan fingerprint density at radius 3 is 2.71 bits per heavy atom. The van der Waals surface area contributed by atoms with Crippen LogP contribution in [0.5, 0.6) is 0 Å². The van der Waals surface area contributed by atoms with Crippen LogP contribution in [0.15, 0.2) is 24.3 Å². The molecule has 0 fully saturated rings. The van der Waals surface area contributed by atoms with Crippen LogP contribution in [-0.2, 0) is 4.79 Å². The number of nitrogens with one attached hydrogen (secondary N) is 2. The van der Waals surface area contributed by atoms with E-state index in [0.717, 1.165) is 24.4 Å². The van der Waals surface area contributed by atoms with Crippen molar-refractivity contribution in [1.29, 1.82) is 0 Å². The Balaban J connectivity index is 2.18. The van der Waals surface area contributed by atoms with Crippen molar-refractivity contribution in [1.82, 2.24) is 5.32 Å². The maximum atomic E-state index is 11.5. The topological polar surface area (TPSA) is 41.1 Å². The smallest absolute Gasteiger partial charge is 0.238 e. The minimum atomic E-state index is -0.0310. The van der Waals surface area contributed by atoms with Crippen LogP contribution in [0.25, 0.3) is 0 Å². The summed E-state index contributed by atoms with van der Waals surface area (Å²) < 4.78 is 0. The molecule has 0 heterocycles. The average molecular weight is 273 g/mol. The molecule has 3 nitrogen and oxygen atoms in total. The second-order valence-corrected chi connectivity index (χ2v) is 5.00. The Labute approximate surface area is 111 Å². The number of amides is 1. The zero-order chi connectivity index (χ0) is 12.5. The van der Waals surface area contributed by atoms with E-state index in [1.54, 1.807) is 24.3 Å². The van der Waals surface area contributed by atoms with E-state index in [0.29, 0.717) is 11.6 Å². The summed E-state index contributed by atoms with van der Waals surface area (Å²) in [4.78, 5) is 11.5. The zero-order valence-corrected chi connectivity index (χ0v) is 11.4. The molecule has 0 atom stereocenters. The zero-order valence-electron chi connectivity index (χ0n) is 9.83. The van der Waals surface area contributed by atoms with Crippen LogP contribution in [0.3, 0.4) is 0 Å². The van der Waals surface area contributed by atoms with Crippen molar-refractivity contribution >= 4 is 35.0 Å². The summed E-state index contributed by atoms with van der Waals surface area (Å²) in [7, 11) is 0. The minimum absolute atomic E-state index is 0.0310. The fourth-order valence-electron chi connectivity index (χ4n) is 1.28. The van der Waals surface area contributed by atoms with Gasteiger partial charge in [0.15, 0.2) is 0 Å². The maximum Gasteiger partial charge on any atom is 0.238 e. The van der Waals surface area contributed by atoms with E-state index in [9.17, 15) is 4.79 Å². The molecule has 94 valence electrons. The quantitative estimate of drug-likeness (QED) is 0.750. The first-order valence-corrected chi connectivity index (χ1v) is 7.24. The lowest BCUT2D eigenvalue weighted by molar-refractivity contribution is -0.115. The maximum absolute atomic E-state index is 11.5. The van der Waals surface area contributed by atoms with Gasteiger partial charge < -0.3 is 10.6 Å². The molecule has 17 heavy (non-hydrogen) atoms. The predicted octanol–water partition coefficient (Wildman–Crippen LogP) is 2.62. The van der Waals surface area contributed by atoms with Crippen molar-refractivity contribution in [2.75, 3.05) is 30.4 Å². The summed E-state index contributed by atoms with van der Waals surface area (Å²) in [6, 6.07) is 7.08. The fourth-order valence-corrected chi connectivity index (χ4v) is 1.84. The number of carbonyl (C=O) groups is 1. The minimum Gasteiger partial charge on any atom is -0.325 e. The molecule has 0 aliphatic carbocycles. The highest BCUT2D eigenvalue weighted by Crippen LogP contribution is 2.12. The second kappa shape index (κ2) is 8.39. The number of halogens is 1. The molecule has 0 radical (unpaired) electrons. The summed E-state index contributed by atoms with van der Waals surface area (Å²) in [5.41, 5.74) is 0.769. The molecule has 0 aromatic heterocycles. The van der Waals surface area contributed by atoms with Gasteiger partial charge in [-0.2, -0.15) is 11.8 Å². The van der Waals surface area contributed by atoms with Gasteiger partial charge in [-0.15, -0.1) is 0 Å². The Bertz CT molecular complexity index is 343. The first kappa shape index (κ1) is 14.4. The highest BCUT2D eigenvalue weighted by molar-refractivity contribution is 7.98. The third-order valence-electron chi connectivity index (χ3n) is 2.12. The third kappa shape index (κ3) is 6.56. The van der Waals surface area contributed by atoms with Crippen molar-refractivity contribution in [3.05, 3.63) is 29.3 Å². The van der Waals surface area contributed by atoms with Crippen LogP contribution in [0, 0.1) is 0 Å². The SMILES string of the molecule is CSCCCNCC(=O)Nc1ccc(Cl)cc1. The van der Waals surface area contributed by atoms with Crippen LogP contribution in [0.2, 0.25) is 5.02 Å². The van der Waals surface area contributed by atoms with Gasteiger partial charge in [-0.1, -0.05) is 11.6 Å². The summed E-state index contributed by atoms with van der Waals surface area (Å²) in [5, 5.41) is 6.56. The van der Waals surface area contributed by atoms with Crippen LogP contribution >= 0.6 is 23.4 Å². The predicted molar refractivity (Wildman–Crippen MR) is 76.0 cm³/mol. The Morgan fingerprint density at radius 1 is 1.35 bits per heavy atom. The number of benzene rings is 1. The van der Waals surface area contributed by atoms with Gasteiger partial charge >= 0.3 is 0 Å².